The third-order valence-corrected chi connectivity index (χ3v) is 30.3. The molecule has 2 aliphatic heterocycles. The predicted octanol–water partition coefficient (Wildman–Crippen LogP) is 11.0. The van der Waals surface area contributed by atoms with Crippen LogP contribution in [0.3, 0.4) is 0 Å². The molecule has 2 heterocycles. The summed E-state index contributed by atoms with van der Waals surface area (Å²) >= 11 is 0. The van der Waals surface area contributed by atoms with E-state index in [1.807, 2.05) is 0 Å². The van der Waals surface area contributed by atoms with Gasteiger partial charge in [-0.1, -0.05) is 244 Å². The highest BCUT2D eigenvalue weighted by Crippen LogP contribution is 2.47. The highest BCUT2D eigenvalue weighted by molar-refractivity contribution is 7.00. The molecule has 5 nitrogen and oxygen atoms in total. The smallest absolute Gasteiger partial charge is 0.261 e. The van der Waals surface area contributed by atoms with Gasteiger partial charge < -0.3 is 22.8 Å². The van der Waals surface area contributed by atoms with E-state index in [0.717, 1.165) is 38.5 Å². The molecule has 364 valence electrons. The van der Waals surface area contributed by atoms with Gasteiger partial charge in [0.2, 0.25) is 0 Å². The Labute approximate surface area is 418 Å². The first-order valence-corrected chi connectivity index (χ1v) is 31.4. The van der Waals surface area contributed by atoms with Crippen molar-refractivity contribution in [1.29, 1.82) is 0 Å². The number of fused-ring (bicyclic) bond motifs is 1. The van der Waals surface area contributed by atoms with Gasteiger partial charge in [-0.15, -0.1) is 0 Å². The Balaban J connectivity index is 1.08. The Morgan fingerprint density at radius 2 is 0.754 bits per heavy atom. The van der Waals surface area contributed by atoms with Crippen LogP contribution in [-0.2, 0) is 22.8 Å². The second kappa shape index (κ2) is 21.2. The molecule has 0 bridgehead atoms. The first-order chi connectivity index (χ1) is 33.1. The van der Waals surface area contributed by atoms with Gasteiger partial charge in [-0.05, 0) is 78.3 Å². The molecule has 0 N–H and O–H groups in total. The molecule has 0 aliphatic carbocycles. The Morgan fingerprint density at radius 3 is 1.10 bits per heavy atom. The molecule has 69 heavy (non-hydrogen) atoms. The molecule has 4 unspecified atom stereocenters. The summed E-state index contributed by atoms with van der Waals surface area (Å²) in [5, 5.41) is 7.42. The van der Waals surface area contributed by atoms with Crippen LogP contribution >= 0.6 is 0 Å². The minimum absolute atomic E-state index is 0.00282. The first kappa shape index (κ1) is 51.1. The number of hydrogen-bond acceptors (Lipinski definition) is 5. The van der Waals surface area contributed by atoms with Crippen LogP contribution in [0.5, 0.6) is 0 Å². The quantitative estimate of drug-likeness (QED) is 0.0634. The summed E-state index contributed by atoms with van der Waals surface area (Å²) in [6.45, 7) is 22.9. The summed E-state index contributed by atoms with van der Waals surface area (Å²) in [5.41, 5.74) is -0.614. The Kier molecular flexibility index (Phi) is 15.7. The predicted molar refractivity (Wildman–Crippen MR) is 295 cm³/mol. The van der Waals surface area contributed by atoms with Gasteiger partial charge in [0.1, 0.15) is 5.60 Å². The summed E-state index contributed by atoms with van der Waals surface area (Å²) in [7, 11) is -8.28. The van der Waals surface area contributed by atoms with Gasteiger partial charge in [0.25, 0.3) is 25.0 Å². The summed E-state index contributed by atoms with van der Waals surface area (Å²) in [5.74, 6) is 0. The topological polar surface area (TPSA) is 46.2 Å². The lowest BCUT2D eigenvalue weighted by atomic mass is 9.86. The lowest BCUT2D eigenvalue weighted by Gasteiger charge is -2.48. The lowest BCUT2D eigenvalue weighted by molar-refractivity contribution is -0.182. The van der Waals surface area contributed by atoms with E-state index in [9.17, 15) is 0 Å². The van der Waals surface area contributed by atoms with Gasteiger partial charge in [0.15, 0.2) is 0 Å². The molecule has 0 amide bonds. The average Bonchev–Trinajstić information content (AvgIpc) is 3.71. The molecular formula is C61H78O5Si3. The van der Waals surface area contributed by atoms with Crippen LogP contribution < -0.4 is 31.1 Å². The zero-order valence-electron chi connectivity index (χ0n) is 43.0. The van der Waals surface area contributed by atoms with Crippen molar-refractivity contribution in [3.05, 3.63) is 182 Å². The molecule has 0 saturated carbocycles. The van der Waals surface area contributed by atoms with Crippen LogP contribution in [0.2, 0.25) is 15.1 Å². The number of ether oxygens (including phenoxy) is 2. The van der Waals surface area contributed by atoms with Gasteiger partial charge in [-0.25, -0.2) is 0 Å². The third kappa shape index (κ3) is 10.3. The van der Waals surface area contributed by atoms with Crippen LogP contribution in [0.1, 0.15) is 101 Å². The fourth-order valence-corrected chi connectivity index (χ4v) is 25.9. The van der Waals surface area contributed by atoms with Crippen LogP contribution in [-0.4, -0.2) is 68.7 Å². The average molecular weight is 976 g/mol. The van der Waals surface area contributed by atoms with E-state index in [0.29, 0.717) is 19.8 Å². The summed E-state index contributed by atoms with van der Waals surface area (Å²) in [4.78, 5) is 0. The zero-order valence-corrected chi connectivity index (χ0v) is 46.0. The van der Waals surface area contributed by atoms with Crippen molar-refractivity contribution in [2.45, 2.75) is 140 Å². The minimum Gasteiger partial charge on any atom is -0.407 e. The van der Waals surface area contributed by atoms with Crippen molar-refractivity contribution in [2.75, 3.05) is 19.8 Å². The van der Waals surface area contributed by atoms with Crippen molar-refractivity contribution in [3.63, 3.8) is 0 Å². The molecular weight excluding hydrogens is 897 g/mol. The molecule has 8 heteroatoms. The van der Waals surface area contributed by atoms with E-state index in [4.69, 9.17) is 22.8 Å². The SMILES string of the molecule is CC(C)(C)[Si](OCCCC1CC2(CO[Si](c3ccccc3)(c3ccccc3)C(C)(C)C)OC(CCO[Si](c3ccccc3)(c3ccccc3)C(C)(C)C)CCC2O1)(c1ccccc1)c1ccccc1. The van der Waals surface area contributed by atoms with E-state index < -0.39 is 30.6 Å². The first-order valence-electron chi connectivity index (χ1n) is 25.6. The number of rotatable bonds is 18. The van der Waals surface area contributed by atoms with Gasteiger partial charge in [0, 0.05) is 19.6 Å². The maximum absolute atomic E-state index is 7.82. The molecule has 0 radical (unpaired) electrons. The second-order valence-corrected chi connectivity index (χ2v) is 35.7. The van der Waals surface area contributed by atoms with Gasteiger partial charge in [-0.2, -0.15) is 0 Å². The van der Waals surface area contributed by atoms with Crippen molar-refractivity contribution < 1.29 is 22.8 Å². The van der Waals surface area contributed by atoms with Crippen LogP contribution in [0.4, 0.5) is 0 Å². The monoisotopic (exact) mass is 975 g/mol. The Hall–Kier alpha value is -4.23. The van der Waals surface area contributed by atoms with E-state index in [2.05, 4.69) is 244 Å². The van der Waals surface area contributed by atoms with Gasteiger partial charge in [-0.3, -0.25) is 0 Å². The van der Waals surface area contributed by atoms with E-state index in [1.165, 1.54) is 31.1 Å². The maximum atomic E-state index is 7.82. The lowest BCUT2D eigenvalue weighted by Crippen LogP contribution is -2.68. The Morgan fingerprint density at radius 1 is 0.420 bits per heavy atom. The van der Waals surface area contributed by atoms with E-state index >= 15 is 0 Å². The zero-order chi connectivity index (χ0) is 48.8. The van der Waals surface area contributed by atoms with Crippen molar-refractivity contribution in [2.24, 2.45) is 0 Å². The highest BCUT2D eigenvalue weighted by Gasteiger charge is 2.58. The molecule has 0 spiro atoms. The molecule has 2 fully saturated rings. The number of hydrogen-bond donors (Lipinski definition) is 0. The molecule has 0 aromatic heterocycles. The van der Waals surface area contributed by atoms with E-state index in [-0.39, 0.29) is 33.4 Å². The normalized spacial score (nSPS) is 20.4. The molecule has 2 aliphatic rings. The van der Waals surface area contributed by atoms with Gasteiger partial charge >= 0.3 is 0 Å². The fraction of sp³-hybridized carbons (Fsp3) is 0.410. The van der Waals surface area contributed by atoms with E-state index in [1.54, 1.807) is 0 Å². The second-order valence-electron chi connectivity index (χ2n) is 22.7. The van der Waals surface area contributed by atoms with Crippen LogP contribution in [0, 0.1) is 0 Å². The molecule has 8 rings (SSSR count). The van der Waals surface area contributed by atoms with Crippen molar-refractivity contribution >= 4 is 56.1 Å². The summed E-state index contributed by atoms with van der Waals surface area (Å²) < 4.78 is 37.5. The minimum atomic E-state index is -2.89. The van der Waals surface area contributed by atoms with Crippen molar-refractivity contribution in [3.8, 4) is 0 Å². The third-order valence-electron chi connectivity index (χ3n) is 15.2. The maximum Gasteiger partial charge on any atom is 0.261 e. The Bertz CT molecular complexity index is 2370. The standard InChI is InChI=1S/C61H78O5Si3/c1-58(2,3)67(51-30-16-10-17-31-51,52-32-18-11-19-33-52)62-45-28-29-50-47-61(48-64-69(60(7,8)9,55-38-24-14-25-39-55)56-40-26-15-27-41-56)57(65-50)43-42-49(66-61)44-46-63-68(59(4,5)6,53-34-20-12-21-35-53)54-36-22-13-23-37-54/h10-27,30-41,49-50,57H,28-29,42-48H2,1-9H3. The summed E-state index contributed by atoms with van der Waals surface area (Å²) in [6.07, 6.45) is 5.14. The largest absolute Gasteiger partial charge is 0.407 e. The molecule has 6 aromatic carbocycles. The molecule has 4 atom stereocenters. The van der Waals surface area contributed by atoms with Crippen LogP contribution in [0.15, 0.2) is 182 Å². The van der Waals surface area contributed by atoms with Crippen LogP contribution in [0.25, 0.3) is 0 Å². The molecule has 2 saturated heterocycles. The number of benzene rings is 6. The van der Waals surface area contributed by atoms with Gasteiger partial charge in [0.05, 0.1) is 24.9 Å². The van der Waals surface area contributed by atoms with Crippen molar-refractivity contribution in [1.82, 2.24) is 0 Å². The summed E-state index contributed by atoms with van der Waals surface area (Å²) in [6, 6.07) is 65.9. The molecule has 6 aromatic rings. The fourth-order valence-electron chi connectivity index (χ4n) is 12.1. The highest BCUT2D eigenvalue weighted by atomic mass is 28.4.